The van der Waals surface area contributed by atoms with Gasteiger partial charge in [-0.25, -0.2) is 0 Å². The fourth-order valence-electron chi connectivity index (χ4n) is 4.28. The van der Waals surface area contributed by atoms with E-state index in [2.05, 4.69) is 58.5 Å². The molecule has 4 rings (SSSR count). The maximum Gasteiger partial charge on any atom is 0.224 e. The van der Waals surface area contributed by atoms with Gasteiger partial charge in [-0.05, 0) is 68.2 Å². The Morgan fingerprint density at radius 3 is 2.56 bits per heavy atom. The molecule has 1 aliphatic heterocycles. The highest BCUT2D eigenvalue weighted by molar-refractivity contribution is 5.79. The number of piperidine rings is 1. The van der Waals surface area contributed by atoms with Crippen LogP contribution in [0.4, 0.5) is 0 Å². The number of carbonyl (C=O) groups excluding carboxylic acids is 1. The molecule has 5 nitrogen and oxygen atoms in total. The van der Waals surface area contributed by atoms with Crippen molar-refractivity contribution >= 4 is 5.91 Å². The summed E-state index contributed by atoms with van der Waals surface area (Å²) in [6, 6.07) is 22.1. The molecule has 1 saturated heterocycles. The summed E-state index contributed by atoms with van der Waals surface area (Å²) in [4.78, 5) is 20.1. The minimum atomic E-state index is -0.237. The predicted octanol–water partition coefficient (Wildman–Crippen LogP) is 4.52. The number of pyridine rings is 1. The van der Waals surface area contributed by atoms with Crippen molar-refractivity contribution in [2.45, 2.75) is 32.4 Å². The van der Waals surface area contributed by atoms with Crippen molar-refractivity contribution in [2.75, 3.05) is 20.2 Å². The van der Waals surface area contributed by atoms with Crippen LogP contribution in [0.2, 0.25) is 0 Å². The number of likely N-dealkylation sites (tertiary alicyclic amines) is 1. The Balaban J connectivity index is 1.38. The lowest BCUT2D eigenvalue weighted by molar-refractivity contribution is -0.127. The Morgan fingerprint density at radius 2 is 1.88 bits per heavy atom. The largest absolute Gasteiger partial charge is 0.497 e. The van der Waals surface area contributed by atoms with Crippen LogP contribution in [0.25, 0.3) is 0 Å². The standard InChI is InChI=1S/C27H31N3O2/c1-20-9-11-22(12-10-20)26(25-8-3-4-15-28-25)29-27(31)23-13-16-30(17-14-23)19-21-6-5-7-24(18-21)32-2/h3-12,15,18,23,26H,13-14,16-17,19H2,1-2H3,(H,29,31). The SMILES string of the molecule is COc1cccc(CN2CCC(C(=O)NC(c3ccc(C)cc3)c3ccccn3)CC2)c1. The van der Waals surface area contributed by atoms with E-state index in [-0.39, 0.29) is 17.9 Å². The molecule has 0 saturated carbocycles. The summed E-state index contributed by atoms with van der Waals surface area (Å²) in [5.74, 6) is 1.02. The van der Waals surface area contributed by atoms with Crippen LogP contribution in [-0.4, -0.2) is 36.0 Å². The molecule has 1 N–H and O–H groups in total. The first-order chi connectivity index (χ1) is 15.6. The average molecular weight is 430 g/mol. The number of nitrogens with one attached hydrogen (secondary N) is 1. The molecule has 0 bridgehead atoms. The number of ether oxygens (including phenoxy) is 1. The Hall–Kier alpha value is -3.18. The van der Waals surface area contributed by atoms with Crippen LogP contribution < -0.4 is 10.1 Å². The van der Waals surface area contributed by atoms with Gasteiger partial charge in [0.15, 0.2) is 0 Å². The predicted molar refractivity (Wildman–Crippen MR) is 126 cm³/mol. The van der Waals surface area contributed by atoms with E-state index in [9.17, 15) is 4.79 Å². The minimum Gasteiger partial charge on any atom is -0.497 e. The molecule has 1 aliphatic rings. The maximum absolute atomic E-state index is 13.2. The number of benzene rings is 2. The summed E-state index contributed by atoms with van der Waals surface area (Å²) in [5, 5.41) is 3.28. The Labute approximate surface area is 190 Å². The van der Waals surface area contributed by atoms with Crippen LogP contribution in [0, 0.1) is 12.8 Å². The summed E-state index contributed by atoms with van der Waals surface area (Å²) in [7, 11) is 1.69. The molecule has 32 heavy (non-hydrogen) atoms. The lowest BCUT2D eigenvalue weighted by Gasteiger charge is -2.32. The van der Waals surface area contributed by atoms with Crippen molar-refractivity contribution in [3.8, 4) is 5.75 Å². The number of aryl methyl sites for hydroxylation is 1. The molecular weight excluding hydrogens is 398 g/mol. The van der Waals surface area contributed by atoms with Crippen molar-refractivity contribution in [3.05, 3.63) is 95.3 Å². The monoisotopic (exact) mass is 429 g/mol. The van der Waals surface area contributed by atoms with Crippen LogP contribution in [0.5, 0.6) is 5.75 Å². The van der Waals surface area contributed by atoms with Gasteiger partial charge in [0.05, 0.1) is 18.8 Å². The van der Waals surface area contributed by atoms with Gasteiger partial charge in [0.2, 0.25) is 5.91 Å². The number of rotatable bonds is 7. The second kappa shape index (κ2) is 10.4. The van der Waals surface area contributed by atoms with Crippen molar-refractivity contribution in [1.82, 2.24) is 15.2 Å². The van der Waals surface area contributed by atoms with Gasteiger partial charge in [-0.3, -0.25) is 14.7 Å². The van der Waals surface area contributed by atoms with Gasteiger partial charge < -0.3 is 10.1 Å². The number of aromatic nitrogens is 1. The second-order valence-corrected chi connectivity index (χ2v) is 8.51. The highest BCUT2D eigenvalue weighted by Gasteiger charge is 2.28. The van der Waals surface area contributed by atoms with E-state index < -0.39 is 0 Å². The van der Waals surface area contributed by atoms with Gasteiger partial charge in [0.25, 0.3) is 0 Å². The van der Waals surface area contributed by atoms with Crippen LogP contribution >= 0.6 is 0 Å². The van der Waals surface area contributed by atoms with Gasteiger partial charge >= 0.3 is 0 Å². The first-order valence-electron chi connectivity index (χ1n) is 11.3. The molecule has 1 atom stereocenters. The van der Waals surface area contributed by atoms with E-state index >= 15 is 0 Å². The Kier molecular flexibility index (Phi) is 7.17. The summed E-state index contributed by atoms with van der Waals surface area (Å²) in [6.45, 7) is 4.77. The van der Waals surface area contributed by atoms with Crippen molar-refractivity contribution in [1.29, 1.82) is 0 Å². The topological polar surface area (TPSA) is 54.5 Å². The summed E-state index contributed by atoms with van der Waals surface area (Å²) in [6.07, 6.45) is 3.50. The lowest BCUT2D eigenvalue weighted by Crippen LogP contribution is -2.41. The summed E-state index contributed by atoms with van der Waals surface area (Å²) < 4.78 is 5.33. The molecular formula is C27H31N3O2. The number of amides is 1. The van der Waals surface area contributed by atoms with E-state index in [1.165, 1.54) is 11.1 Å². The van der Waals surface area contributed by atoms with Gasteiger partial charge in [0.1, 0.15) is 5.75 Å². The number of methoxy groups -OCH3 is 1. The number of hydrogen-bond acceptors (Lipinski definition) is 4. The maximum atomic E-state index is 13.2. The fourth-order valence-corrected chi connectivity index (χ4v) is 4.28. The smallest absolute Gasteiger partial charge is 0.224 e. The van der Waals surface area contributed by atoms with E-state index in [0.29, 0.717) is 0 Å². The average Bonchev–Trinajstić information content (AvgIpc) is 2.84. The molecule has 0 spiro atoms. The van der Waals surface area contributed by atoms with E-state index in [1.807, 2.05) is 30.3 Å². The fraction of sp³-hybridized carbons (Fsp3) is 0.333. The van der Waals surface area contributed by atoms with Crippen LogP contribution in [0.3, 0.4) is 0 Å². The van der Waals surface area contributed by atoms with Crippen molar-refractivity contribution in [3.63, 3.8) is 0 Å². The molecule has 1 fully saturated rings. The molecule has 1 unspecified atom stereocenters. The third-order valence-corrected chi connectivity index (χ3v) is 6.18. The van der Waals surface area contributed by atoms with Crippen LogP contribution in [0.15, 0.2) is 72.9 Å². The summed E-state index contributed by atoms with van der Waals surface area (Å²) >= 11 is 0. The van der Waals surface area contributed by atoms with E-state index in [1.54, 1.807) is 13.3 Å². The zero-order valence-corrected chi connectivity index (χ0v) is 18.8. The van der Waals surface area contributed by atoms with Gasteiger partial charge in [-0.15, -0.1) is 0 Å². The van der Waals surface area contributed by atoms with E-state index in [4.69, 9.17) is 4.74 Å². The first kappa shape index (κ1) is 22.0. The first-order valence-corrected chi connectivity index (χ1v) is 11.3. The molecule has 0 aliphatic carbocycles. The molecule has 2 heterocycles. The number of carbonyl (C=O) groups is 1. The zero-order chi connectivity index (χ0) is 22.3. The van der Waals surface area contributed by atoms with E-state index in [0.717, 1.165) is 49.5 Å². The highest BCUT2D eigenvalue weighted by Crippen LogP contribution is 2.25. The third kappa shape index (κ3) is 5.54. The Morgan fingerprint density at radius 1 is 1.09 bits per heavy atom. The Bertz CT molecular complexity index is 1010. The highest BCUT2D eigenvalue weighted by atomic mass is 16.5. The van der Waals surface area contributed by atoms with Crippen LogP contribution in [-0.2, 0) is 11.3 Å². The molecule has 3 aromatic rings. The summed E-state index contributed by atoms with van der Waals surface area (Å²) in [5.41, 5.74) is 4.35. The molecule has 1 aromatic heterocycles. The number of nitrogens with zero attached hydrogens (tertiary/aromatic N) is 2. The molecule has 2 aromatic carbocycles. The van der Waals surface area contributed by atoms with Crippen molar-refractivity contribution in [2.24, 2.45) is 5.92 Å². The van der Waals surface area contributed by atoms with Crippen LogP contribution in [0.1, 0.15) is 41.3 Å². The third-order valence-electron chi connectivity index (χ3n) is 6.18. The normalized spacial score (nSPS) is 15.8. The zero-order valence-electron chi connectivity index (χ0n) is 18.8. The van der Waals surface area contributed by atoms with Gasteiger partial charge in [-0.2, -0.15) is 0 Å². The van der Waals surface area contributed by atoms with Gasteiger partial charge in [0, 0.05) is 18.7 Å². The molecule has 0 radical (unpaired) electrons. The quantitative estimate of drug-likeness (QED) is 0.600. The molecule has 1 amide bonds. The number of hydrogen-bond donors (Lipinski definition) is 1. The second-order valence-electron chi connectivity index (χ2n) is 8.51. The van der Waals surface area contributed by atoms with Gasteiger partial charge in [-0.1, -0.05) is 48.0 Å². The molecule has 166 valence electrons. The minimum absolute atomic E-state index is 0.0215. The lowest BCUT2D eigenvalue weighted by atomic mass is 9.94. The molecule has 5 heteroatoms. The van der Waals surface area contributed by atoms with Crippen molar-refractivity contribution < 1.29 is 9.53 Å².